The minimum absolute atomic E-state index is 0.131. The molecule has 1 fully saturated rings. The Morgan fingerprint density at radius 3 is 2.69 bits per heavy atom. The molecule has 4 rings (SSSR count). The molecule has 1 aliphatic carbocycles. The van der Waals surface area contributed by atoms with Crippen molar-refractivity contribution in [3.05, 3.63) is 77.3 Å². The van der Waals surface area contributed by atoms with Crippen molar-refractivity contribution in [1.82, 2.24) is 25.2 Å². The Morgan fingerprint density at radius 1 is 1.12 bits per heavy atom. The van der Waals surface area contributed by atoms with E-state index in [9.17, 15) is 4.79 Å². The molecule has 1 N–H and O–H groups in total. The number of hydrogen-bond donors (Lipinski definition) is 1. The van der Waals surface area contributed by atoms with E-state index in [4.69, 9.17) is 4.84 Å². The first-order chi connectivity index (χ1) is 15.7. The third kappa shape index (κ3) is 5.63. The van der Waals surface area contributed by atoms with Crippen LogP contribution < -0.4 is 5.32 Å². The number of carbonyl (C=O) groups excluding carboxylic acids is 1. The minimum atomic E-state index is -0.147. The van der Waals surface area contributed by atoms with Crippen LogP contribution in [0.1, 0.15) is 49.2 Å². The number of carbonyl (C=O) groups is 1. The first-order valence-corrected chi connectivity index (χ1v) is 10.6. The summed E-state index contributed by atoms with van der Waals surface area (Å²) in [6, 6.07) is 14.9. The molecule has 3 aromatic rings. The largest absolute Gasteiger partial charge is 0.389 e. The van der Waals surface area contributed by atoms with Gasteiger partial charge in [-0.05, 0) is 48.2 Å². The summed E-state index contributed by atoms with van der Waals surface area (Å²) in [4.78, 5) is 22.4. The van der Waals surface area contributed by atoms with E-state index in [1.807, 2.05) is 42.5 Å². The Hall–Kier alpha value is -3.88. The van der Waals surface area contributed by atoms with E-state index in [1.165, 1.54) is 16.7 Å². The fraction of sp³-hybridized carbons (Fsp3) is 0.304. The molecule has 0 atom stereocenters. The first-order valence-electron chi connectivity index (χ1n) is 10.6. The quantitative estimate of drug-likeness (QED) is 0.349. The first kappa shape index (κ1) is 21.4. The van der Waals surface area contributed by atoms with E-state index in [2.05, 4.69) is 31.0 Å². The summed E-state index contributed by atoms with van der Waals surface area (Å²) in [5, 5.41) is 18.7. The van der Waals surface area contributed by atoms with Gasteiger partial charge in [-0.25, -0.2) is 9.67 Å². The maximum Gasteiger partial charge on any atom is 0.249 e. The van der Waals surface area contributed by atoms with Crippen molar-refractivity contribution in [3.63, 3.8) is 0 Å². The molecule has 1 amide bonds. The number of aryl methyl sites for hydroxylation is 1. The van der Waals surface area contributed by atoms with E-state index in [0.717, 1.165) is 31.2 Å². The molecule has 164 valence electrons. The number of benzene rings is 1. The van der Waals surface area contributed by atoms with E-state index < -0.39 is 0 Å². The highest BCUT2D eigenvalue weighted by Gasteiger charge is 2.15. The summed E-state index contributed by atoms with van der Waals surface area (Å²) in [5.74, 6) is 0.820. The van der Waals surface area contributed by atoms with Crippen LogP contribution in [-0.2, 0) is 23.3 Å². The lowest BCUT2D eigenvalue weighted by Crippen LogP contribution is -2.13. The molecule has 2 aromatic heterocycles. The second-order valence-corrected chi connectivity index (χ2v) is 7.57. The lowest BCUT2D eigenvalue weighted by Gasteiger charge is -2.13. The van der Waals surface area contributed by atoms with Gasteiger partial charge in [0.1, 0.15) is 5.82 Å². The molecule has 0 bridgehead atoms. The van der Waals surface area contributed by atoms with Gasteiger partial charge in [-0.15, -0.1) is 5.10 Å². The van der Waals surface area contributed by atoms with Crippen molar-refractivity contribution in [3.8, 4) is 0 Å². The number of tetrazole rings is 1. The zero-order valence-corrected chi connectivity index (χ0v) is 17.9. The van der Waals surface area contributed by atoms with Gasteiger partial charge >= 0.3 is 0 Å². The van der Waals surface area contributed by atoms with Gasteiger partial charge in [0.05, 0.1) is 5.69 Å². The fourth-order valence-electron chi connectivity index (χ4n) is 3.54. The molecule has 9 heteroatoms. The zero-order chi connectivity index (χ0) is 22.2. The van der Waals surface area contributed by atoms with E-state index in [-0.39, 0.29) is 12.5 Å². The van der Waals surface area contributed by atoms with Crippen molar-refractivity contribution in [2.45, 2.75) is 38.7 Å². The second kappa shape index (κ2) is 10.4. The summed E-state index contributed by atoms with van der Waals surface area (Å²) in [5.41, 5.74) is 3.19. The number of hydrogen-bond acceptors (Lipinski definition) is 7. The fourth-order valence-corrected chi connectivity index (χ4v) is 3.54. The average molecular weight is 432 g/mol. The van der Waals surface area contributed by atoms with Gasteiger partial charge < -0.3 is 10.2 Å². The van der Waals surface area contributed by atoms with Crippen LogP contribution in [-0.4, -0.2) is 36.8 Å². The van der Waals surface area contributed by atoms with Crippen molar-refractivity contribution < 1.29 is 9.63 Å². The summed E-state index contributed by atoms with van der Waals surface area (Å²) < 4.78 is 1.53. The predicted molar refractivity (Wildman–Crippen MR) is 120 cm³/mol. The summed E-state index contributed by atoms with van der Waals surface area (Å²) >= 11 is 0. The highest BCUT2D eigenvalue weighted by atomic mass is 16.6. The van der Waals surface area contributed by atoms with Gasteiger partial charge in [-0.3, -0.25) is 4.79 Å². The Morgan fingerprint density at radius 2 is 1.94 bits per heavy atom. The third-order valence-corrected chi connectivity index (χ3v) is 5.14. The molecular weight excluding hydrogens is 406 g/mol. The van der Waals surface area contributed by atoms with Crippen LogP contribution in [0.15, 0.2) is 65.3 Å². The number of allylic oxidation sites excluding steroid dienone is 1. The van der Waals surface area contributed by atoms with Crippen LogP contribution in [0.3, 0.4) is 0 Å². The maximum atomic E-state index is 12.3. The van der Waals surface area contributed by atoms with Gasteiger partial charge in [-0.2, -0.15) is 0 Å². The highest BCUT2D eigenvalue weighted by molar-refractivity contribution is 6.10. The lowest BCUT2D eigenvalue weighted by molar-refractivity contribution is -0.112. The summed E-state index contributed by atoms with van der Waals surface area (Å²) in [6.07, 6.45) is 7.24. The predicted octanol–water partition coefficient (Wildman–Crippen LogP) is 3.40. The number of amides is 1. The van der Waals surface area contributed by atoms with Crippen LogP contribution in [0.5, 0.6) is 0 Å². The number of nitrogens with zero attached hydrogens (tertiary/aromatic N) is 6. The molecule has 1 saturated carbocycles. The Kier molecular flexibility index (Phi) is 6.96. The number of nitrogens with one attached hydrogen (secondary N) is 1. The molecule has 1 aromatic carbocycles. The Balaban J connectivity index is 1.43. The van der Waals surface area contributed by atoms with E-state index in [0.29, 0.717) is 23.0 Å². The van der Waals surface area contributed by atoms with E-state index in [1.54, 1.807) is 19.2 Å². The van der Waals surface area contributed by atoms with Gasteiger partial charge in [-0.1, -0.05) is 53.5 Å². The van der Waals surface area contributed by atoms with Gasteiger partial charge in [0, 0.05) is 18.7 Å². The van der Waals surface area contributed by atoms with Crippen LogP contribution in [0.4, 0.5) is 5.82 Å². The number of pyridine rings is 1. The Bertz CT molecular complexity index is 1110. The average Bonchev–Trinajstić information content (AvgIpc) is 3.23. The van der Waals surface area contributed by atoms with Gasteiger partial charge in [0.15, 0.2) is 12.3 Å². The molecule has 1 aliphatic rings. The lowest BCUT2D eigenvalue weighted by atomic mass is 9.95. The second-order valence-electron chi connectivity index (χ2n) is 7.57. The van der Waals surface area contributed by atoms with Crippen molar-refractivity contribution in [2.24, 2.45) is 12.2 Å². The van der Waals surface area contributed by atoms with Crippen molar-refractivity contribution >= 4 is 17.4 Å². The molecule has 0 spiro atoms. The van der Waals surface area contributed by atoms with Crippen LogP contribution >= 0.6 is 0 Å². The molecular formula is C23H25N7O2. The SMILES string of the molecule is Cn1nnnc1/C(=N/OCc1cccc(NC(=O)C=C2CCCCC2)n1)c1ccccc1. The van der Waals surface area contributed by atoms with Gasteiger partial charge in [0.25, 0.3) is 0 Å². The molecule has 32 heavy (non-hydrogen) atoms. The third-order valence-electron chi connectivity index (χ3n) is 5.14. The van der Waals surface area contributed by atoms with Crippen molar-refractivity contribution in [1.29, 1.82) is 0 Å². The Labute approximate surface area is 186 Å². The molecule has 0 saturated heterocycles. The van der Waals surface area contributed by atoms with E-state index >= 15 is 0 Å². The topological polar surface area (TPSA) is 107 Å². The number of aromatic nitrogens is 5. The smallest absolute Gasteiger partial charge is 0.249 e. The highest BCUT2D eigenvalue weighted by Crippen LogP contribution is 2.22. The van der Waals surface area contributed by atoms with Crippen LogP contribution in [0, 0.1) is 0 Å². The number of anilines is 1. The van der Waals surface area contributed by atoms with Crippen molar-refractivity contribution in [2.75, 3.05) is 5.32 Å². The zero-order valence-electron chi connectivity index (χ0n) is 17.9. The normalized spacial score (nSPS) is 14.2. The number of rotatable bonds is 7. The van der Waals surface area contributed by atoms with Gasteiger partial charge in [0.2, 0.25) is 11.7 Å². The summed E-state index contributed by atoms with van der Waals surface area (Å²) in [7, 11) is 1.74. The molecule has 9 nitrogen and oxygen atoms in total. The minimum Gasteiger partial charge on any atom is -0.389 e. The molecule has 0 aliphatic heterocycles. The van der Waals surface area contributed by atoms with Crippen LogP contribution in [0.25, 0.3) is 0 Å². The maximum absolute atomic E-state index is 12.3. The molecule has 0 unspecified atom stereocenters. The molecule has 0 radical (unpaired) electrons. The standard InChI is InChI=1S/C23H25N7O2/c1-30-23(26-28-29-30)22(18-11-6-3-7-12-18)27-32-16-19-13-8-14-20(24-19)25-21(31)15-17-9-4-2-5-10-17/h3,6-8,11-15H,2,4-5,9-10,16H2,1H3,(H,24,25,31)/b27-22+. The monoisotopic (exact) mass is 431 g/mol. The number of oxime groups is 1. The van der Waals surface area contributed by atoms with Crippen LogP contribution in [0.2, 0.25) is 0 Å². The summed E-state index contributed by atoms with van der Waals surface area (Å²) in [6.45, 7) is 0.131. The molecule has 2 heterocycles.